The van der Waals surface area contributed by atoms with E-state index in [0.29, 0.717) is 0 Å². The molecule has 6 atom stereocenters. The van der Waals surface area contributed by atoms with E-state index in [4.69, 9.17) is 0 Å². The highest BCUT2D eigenvalue weighted by molar-refractivity contribution is 14.1. The number of rotatable bonds is 21. The van der Waals surface area contributed by atoms with E-state index in [0.717, 1.165) is 4.90 Å². The molecule has 0 saturated heterocycles. The van der Waals surface area contributed by atoms with Crippen molar-refractivity contribution in [1.29, 1.82) is 0 Å². The van der Waals surface area contributed by atoms with Crippen molar-refractivity contribution in [3.8, 4) is 0 Å². The second kappa shape index (κ2) is 25.8. The molecule has 0 bridgehead atoms. The normalized spacial score (nSPS) is 14.3. The maximum atomic E-state index is 14.6. The van der Waals surface area contributed by atoms with Gasteiger partial charge < -0.3 is 77.4 Å². The predicted molar refractivity (Wildman–Crippen MR) is 264 cm³/mol. The van der Waals surface area contributed by atoms with Gasteiger partial charge in [0.1, 0.15) is 6.61 Å². The van der Waals surface area contributed by atoms with E-state index in [-0.39, 0.29) is 55.0 Å². The zero-order valence-electron chi connectivity index (χ0n) is 31.1. The summed E-state index contributed by atoms with van der Waals surface area (Å²) in [6, 6.07) is -4.56. The Bertz CT molecular complexity index is 1910. The Hall–Kier alpha value is -0.560. The van der Waals surface area contributed by atoms with E-state index >= 15 is 0 Å². The number of amides is 5. The Morgan fingerprint density at radius 2 is 1.03 bits per heavy atom. The number of carbonyl (C=O) groups excluding carboxylic acids is 6. The lowest BCUT2D eigenvalue weighted by Gasteiger charge is -2.29. The van der Waals surface area contributed by atoms with Crippen LogP contribution in [0.3, 0.4) is 0 Å². The Kier molecular flexibility index (Phi) is 23.9. The van der Waals surface area contributed by atoms with Crippen LogP contribution in [0.25, 0.3) is 0 Å². The minimum Gasteiger partial charge on any atom is -0.394 e. The van der Waals surface area contributed by atoms with Gasteiger partial charge in [-0.05, 0) is 143 Å². The number of benzene rings is 2. The number of aliphatic hydroxyl groups excluding tert-OH is 9. The third-order valence-corrected chi connectivity index (χ3v) is 14.9. The van der Waals surface area contributed by atoms with Crippen LogP contribution in [0, 0.1) is 21.4 Å². The lowest BCUT2D eigenvalue weighted by Crippen LogP contribution is -2.50. The number of ketones is 1. The minimum absolute atomic E-state index is 0.0171. The molecule has 21 nitrogen and oxygen atoms in total. The summed E-state index contributed by atoms with van der Waals surface area (Å²) in [5.74, 6) is -5.58. The number of halogens is 6. The average molecular weight is 1520 g/mol. The van der Waals surface area contributed by atoms with Gasteiger partial charge >= 0.3 is 0 Å². The molecule has 0 fully saturated rings. The number of nitrogens with zero attached hydrogens (tertiary/aromatic N) is 1. The van der Waals surface area contributed by atoms with Gasteiger partial charge in [-0.1, -0.05) is 0 Å². The largest absolute Gasteiger partial charge is 0.394 e. The Labute approximate surface area is 423 Å². The molecule has 0 radical (unpaired) electrons. The third kappa shape index (κ3) is 13.0. The zero-order valence-corrected chi connectivity index (χ0v) is 44.0. The first-order chi connectivity index (χ1) is 28.1. The number of hydrogen-bond donors (Lipinski definition) is 14. The number of anilines is 2. The Morgan fingerprint density at radius 1 is 0.600 bits per heavy atom. The predicted octanol–water partition coefficient (Wildman–Crippen LogP) is -2.35. The molecular formula is C33H40I6N6O15. The van der Waals surface area contributed by atoms with Gasteiger partial charge in [0.15, 0.2) is 11.8 Å². The van der Waals surface area contributed by atoms with Crippen LogP contribution >= 0.6 is 136 Å². The fourth-order valence-corrected chi connectivity index (χ4v) is 14.5. The molecule has 0 spiro atoms. The average Bonchev–Trinajstić information content (AvgIpc) is 3.21. The summed E-state index contributed by atoms with van der Waals surface area (Å²) in [6.45, 7) is -5.35. The van der Waals surface area contributed by atoms with Gasteiger partial charge in [-0.3, -0.25) is 28.8 Å². The van der Waals surface area contributed by atoms with Gasteiger partial charge in [0, 0.05) is 29.9 Å². The number of likely N-dealkylation sites (N-methyl/N-ethyl adjacent to an activating group) is 2. The van der Waals surface area contributed by atoms with Gasteiger partial charge in [-0.25, -0.2) is 0 Å². The molecule has 2 aromatic rings. The van der Waals surface area contributed by atoms with Crippen LogP contribution in [0.2, 0.25) is 0 Å². The lowest BCUT2D eigenvalue weighted by molar-refractivity contribution is -0.119. The van der Waals surface area contributed by atoms with Crippen LogP contribution in [0.15, 0.2) is 0 Å². The summed E-state index contributed by atoms with van der Waals surface area (Å²) in [5.41, 5.74) is -1.06. The number of hydrogen-bond acceptors (Lipinski definition) is 16. The van der Waals surface area contributed by atoms with Crippen LogP contribution in [-0.4, -0.2) is 178 Å². The van der Waals surface area contributed by atoms with Crippen LogP contribution in [-0.2, 0) is 9.59 Å². The van der Waals surface area contributed by atoms with E-state index in [2.05, 4.69) is 26.6 Å². The quantitative estimate of drug-likeness (QED) is 0.0354. The van der Waals surface area contributed by atoms with Crippen molar-refractivity contribution < 1.29 is 74.7 Å². The number of nitrogens with one attached hydrogen (secondary N) is 5. The number of carbonyl (C=O) groups is 6. The number of Topliss-reactive ketones (excluding diaryl/α,β-unsaturated/α-hetero) is 1. The standard InChI is InChI=1S/C33H40I6N6O15/c1-40-27(29(56)16-20(34)17(30(57)41-3-10(52)4-46)23(37)26(22(16)36)44-15(55)9-51)33(60)45(2)28-24(38)18(31(58)42-11(5-47)13(53)7-49)21(35)19(25(28)39)32(59)43-12(6-48)14(54)8-50/h10-14,27,40,46-54H,3-9H2,1-2H3,(H,41,57)(H,42,58)(H,43,59)(H,44,55). The van der Waals surface area contributed by atoms with E-state index in [1.54, 1.807) is 136 Å². The van der Waals surface area contributed by atoms with Crippen LogP contribution in [0.4, 0.5) is 11.4 Å². The highest BCUT2D eigenvalue weighted by Gasteiger charge is 2.39. The molecule has 6 unspecified atom stereocenters. The van der Waals surface area contributed by atoms with E-state index in [1.165, 1.54) is 14.1 Å². The highest BCUT2D eigenvalue weighted by Crippen LogP contribution is 2.39. The van der Waals surface area contributed by atoms with Crippen molar-refractivity contribution in [3.63, 3.8) is 0 Å². The van der Waals surface area contributed by atoms with Gasteiger partial charge in [0.25, 0.3) is 23.6 Å². The van der Waals surface area contributed by atoms with E-state index < -0.39 is 118 Å². The third-order valence-electron chi connectivity index (χ3n) is 8.45. The first-order valence-electron chi connectivity index (χ1n) is 16.9. The van der Waals surface area contributed by atoms with Crippen molar-refractivity contribution in [3.05, 3.63) is 43.7 Å². The fraction of sp³-hybridized carbons (Fsp3) is 0.455. The molecule has 60 heavy (non-hydrogen) atoms. The molecule has 2 rings (SSSR count). The highest BCUT2D eigenvalue weighted by atomic mass is 127. The molecule has 0 heterocycles. The van der Waals surface area contributed by atoms with Crippen molar-refractivity contribution in [2.75, 3.05) is 70.5 Å². The summed E-state index contributed by atoms with van der Waals surface area (Å²) < 4.78 is 0.223. The lowest BCUT2D eigenvalue weighted by atomic mass is 9.98. The van der Waals surface area contributed by atoms with Gasteiger partial charge in [-0.2, -0.15) is 0 Å². The van der Waals surface area contributed by atoms with Gasteiger partial charge in [0.2, 0.25) is 5.91 Å². The Balaban J connectivity index is 2.94. The molecule has 27 heteroatoms. The van der Waals surface area contributed by atoms with Gasteiger partial charge in [0.05, 0.1) is 102 Å². The first kappa shape index (κ1) is 55.6. The molecule has 5 amide bonds. The topological polar surface area (TPSA) is 348 Å². The molecule has 0 aromatic heterocycles. The maximum absolute atomic E-state index is 14.6. The zero-order chi connectivity index (χ0) is 45.9. The van der Waals surface area contributed by atoms with Crippen LogP contribution < -0.4 is 31.5 Å². The summed E-state index contributed by atoms with van der Waals surface area (Å²) in [4.78, 5) is 83.8. The molecule has 0 aliphatic rings. The van der Waals surface area contributed by atoms with Crippen molar-refractivity contribution >= 4 is 182 Å². The molecule has 0 saturated carbocycles. The summed E-state index contributed by atoms with van der Waals surface area (Å²) in [5, 5.41) is 99.9. The molecule has 0 aliphatic heterocycles. The van der Waals surface area contributed by atoms with Crippen molar-refractivity contribution in [1.82, 2.24) is 21.3 Å². The fourth-order valence-electron chi connectivity index (χ4n) is 5.15. The van der Waals surface area contributed by atoms with Crippen molar-refractivity contribution in [2.45, 2.75) is 36.4 Å². The maximum Gasteiger partial charge on any atom is 0.253 e. The summed E-state index contributed by atoms with van der Waals surface area (Å²) >= 11 is 10.3. The van der Waals surface area contributed by atoms with Crippen LogP contribution in [0.1, 0.15) is 41.4 Å². The molecule has 14 N–H and O–H groups in total. The van der Waals surface area contributed by atoms with Crippen LogP contribution in [0.5, 0.6) is 0 Å². The van der Waals surface area contributed by atoms with E-state index in [9.17, 15) is 74.7 Å². The first-order valence-corrected chi connectivity index (χ1v) is 23.4. The second-order valence-corrected chi connectivity index (χ2v) is 18.8. The molecule has 2 aromatic carbocycles. The van der Waals surface area contributed by atoms with Crippen molar-refractivity contribution in [2.24, 2.45) is 0 Å². The van der Waals surface area contributed by atoms with Gasteiger partial charge in [-0.15, -0.1) is 0 Å². The van der Waals surface area contributed by atoms with E-state index in [1.807, 2.05) is 0 Å². The molecule has 0 aliphatic carbocycles. The molecular weight excluding hydrogens is 1480 g/mol. The summed E-state index contributed by atoms with van der Waals surface area (Å²) in [6.07, 6.45) is -4.55. The Morgan fingerprint density at radius 3 is 1.43 bits per heavy atom. The minimum atomic E-state index is -1.78. The molecule has 334 valence electrons. The smallest absolute Gasteiger partial charge is 0.253 e. The monoisotopic (exact) mass is 1520 g/mol. The summed E-state index contributed by atoms with van der Waals surface area (Å²) in [7, 11) is 2.51. The second-order valence-electron chi connectivity index (χ2n) is 12.4. The number of aliphatic hydroxyl groups is 9. The SMILES string of the molecule is CNC(C(=O)c1c(I)c(NC(=O)CO)c(I)c(C(=O)NCC(O)CO)c1I)C(=O)N(C)c1c(I)c(C(=O)NC(CO)C(O)CO)c(I)c(C(=O)NC(CO)C(O)CO)c1I.